The number of hydrogen-bond donors (Lipinski definition) is 1. The maximum atomic E-state index is 10.3. The normalized spacial score (nSPS) is 12.1. The average molecular weight is 278 g/mol. The second kappa shape index (κ2) is 15.7. The molecule has 0 fully saturated rings. The van der Waals surface area contributed by atoms with Gasteiger partial charge in [0, 0.05) is 6.42 Å². The fraction of sp³-hybridized carbons (Fsp3) is 0.611. The van der Waals surface area contributed by atoms with Crippen LogP contribution >= 0.6 is 0 Å². The Hall–Kier alpha value is -1.31. The molecule has 0 heterocycles. The highest BCUT2D eigenvalue weighted by molar-refractivity contribution is 5.66. The number of hydrogen-bond acceptors (Lipinski definition) is 1. The van der Waals surface area contributed by atoms with Crippen molar-refractivity contribution >= 4 is 5.97 Å². The summed E-state index contributed by atoms with van der Waals surface area (Å²) in [4.78, 5) is 10.3. The lowest BCUT2D eigenvalue weighted by molar-refractivity contribution is -0.137. The van der Waals surface area contributed by atoms with E-state index in [4.69, 9.17) is 5.11 Å². The molecule has 0 bridgehead atoms. The van der Waals surface area contributed by atoms with Gasteiger partial charge in [-0.2, -0.15) is 0 Å². The zero-order valence-corrected chi connectivity index (χ0v) is 12.9. The molecule has 1 N–H and O–H groups in total. The van der Waals surface area contributed by atoms with Crippen molar-refractivity contribution in [1.82, 2.24) is 0 Å². The van der Waals surface area contributed by atoms with E-state index < -0.39 is 5.97 Å². The van der Waals surface area contributed by atoms with Gasteiger partial charge in [0.2, 0.25) is 0 Å². The fourth-order valence-corrected chi connectivity index (χ4v) is 1.80. The number of carbonyl (C=O) groups is 1. The van der Waals surface area contributed by atoms with E-state index in [1.807, 2.05) is 0 Å². The Morgan fingerprint density at radius 2 is 1.35 bits per heavy atom. The smallest absolute Gasteiger partial charge is 0.303 e. The van der Waals surface area contributed by atoms with Crippen molar-refractivity contribution in [3.05, 3.63) is 36.5 Å². The molecule has 20 heavy (non-hydrogen) atoms. The molecule has 0 amide bonds. The molecule has 0 aliphatic heterocycles. The molecule has 2 heteroatoms. The van der Waals surface area contributed by atoms with Gasteiger partial charge in [-0.3, -0.25) is 4.79 Å². The monoisotopic (exact) mass is 278 g/mol. The Labute approximate surface area is 124 Å². The molecular formula is C18H30O2. The molecule has 0 aliphatic carbocycles. The predicted molar refractivity (Wildman–Crippen MR) is 86.9 cm³/mol. The number of allylic oxidation sites excluding steroid dienone is 6. The molecule has 0 aromatic carbocycles. The van der Waals surface area contributed by atoms with Crippen LogP contribution in [-0.4, -0.2) is 11.1 Å². The number of unbranched alkanes of at least 4 members (excludes halogenated alkanes) is 6. The second-order valence-electron chi connectivity index (χ2n) is 5.04. The molecular weight excluding hydrogens is 248 g/mol. The first kappa shape index (κ1) is 18.7. The highest BCUT2D eigenvalue weighted by Gasteiger charge is 1.93. The van der Waals surface area contributed by atoms with Gasteiger partial charge < -0.3 is 5.11 Å². The van der Waals surface area contributed by atoms with Gasteiger partial charge in [0.05, 0.1) is 0 Å². The molecule has 0 saturated heterocycles. The Kier molecular flexibility index (Phi) is 14.7. The van der Waals surface area contributed by atoms with Gasteiger partial charge in [0.1, 0.15) is 0 Å². The lowest BCUT2D eigenvalue weighted by Crippen LogP contribution is -1.92. The molecule has 114 valence electrons. The van der Waals surface area contributed by atoms with E-state index in [1.54, 1.807) is 0 Å². The fourth-order valence-electron chi connectivity index (χ4n) is 1.80. The quantitative estimate of drug-likeness (QED) is 0.268. The Balaban J connectivity index is 3.30. The number of rotatable bonds is 13. The summed E-state index contributed by atoms with van der Waals surface area (Å²) in [6.45, 7) is 2.22. The minimum absolute atomic E-state index is 0.287. The van der Waals surface area contributed by atoms with Crippen molar-refractivity contribution < 1.29 is 9.90 Å². The van der Waals surface area contributed by atoms with Gasteiger partial charge in [-0.1, -0.05) is 56.2 Å². The standard InChI is InChI=1S/C18H30O2/c1-2-3-4-5-6-7-8-9-10-11-12-13-14-15-16-17-18(19)20/h5-6,10-13H,2-4,7-9,14-17H2,1H3,(H,19,20)/b6-5-,11-10+,13-12+. The lowest BCUT2D eigenvalue weighted by Gasteiger charge is -1.92. The number of carboxylic acids is 1. The Morgan fingerprint density at radius 3 is 1.95 bits per heavy atom. The maximum absolute atomic E-state index is 10.3. The third-order valence-electron chi connectivity index (χ3n) is 3.03. The third kappa shape index (κ3) is 16.7. The first-order chi connectivity index (χ1) is 9.77. The topological polar surface area (TPSA) is 37.3 Å². The van der Waals surface area contributed by atoms with Crippen molar-refractivity contribution in [2.24, 2.45) is 0 Å². The summed E-state index contributed by atoms with van der Waals surface area (Å²) in [5.41, 5.74) is 0. The summed E-state index contributed by atoms with van der Waals surface area (Å²) in [5, 5.41) is 8.48. The summed E-state index contributed by atoms with van der Waals surface area (Å²) in [7, 11) is 0. The lowest BCUT2D eigenvalue weighted by atomic mass is 10.1. The minimum atomic E-state index is -0.697. The molecule has 2 nitrogen and oxygen atoms in total. The predicted octanol–water partition coefficient (Wildman–Crippen LogP) is 5.66. The van der Waals surface area contributed by atoms with Crippen LogP contribution in [0, 0.1) is 0 Å². The van der Waals surface area contributed by atoms with Crippen molar-refractivity contribution in [3.8, 4) is 0 Å². The van der Waals surface area contributed by atoms with Crippen molar-refractivity contribution in [2.75, 3.05) is 0 Å². The minimum Gasteiger partial charge on any atom is -0.481 e. The average Bonchev–Trinajstić information content (AvgIpc) is 2.43. The largest absolute Gasteiger partial charge is 0.481 e. The van der Waals surface area contributed by atoms with Gasteiger partial charge in [0.15, 0.2) is 0 Å². The van der Waals surface area contributed by atoms with E-state index in [-0.39, 0.29) is 6.42 Å². The Bertz CT molecular complexity index is 301. The first-order valence-corrected chi connectivity index (χ1v) is 7.95. The molecule has 0 rings (SSSR count). The van der Waals surface area contributed by atoms with Crippen molar-refractivity contribution in [1.29, 1.82) is 0 Å². The molecule has 0 aliphatic rings. The second-order valence-corrected chi connectivity index (χ2v) is 5.04. The highest BCUT2D eigenvalue weighted by Crippen LogP contribution is 2.02. The summed E-state index contributed by atoms with van der Waals surface area (Å²) in [6.07, 6.45) is 23.4. The summed E-state index contributed by atoms with van der Waals surface area (Å²) in [6, 6.07) is 0. The molecule has 0 unspecified atom stereocenters. The molecule has 0 saturated carbocycles. The zero-order chi connectivity index (χ0) is 14.9. The van der Waals surface area contributed by atoms with E-state index >= 15 is 0 Å². The van der Waals surface area contributed by atoms with Crippen LogP contribution in [0.3, 0.4) is 0 Å². The van der Waals surface area contributed by atoms with Crippen LogP contribution in [0.15, 0.2) is 36.5 Å². The summed E-state index contributed by atoms with van der Waals surface area (Å²) >= 11 is 0. The summed E-state index contributed by atoms with van der Waals surface area (Å²) in [5.74, 6) is -0.697. The number of aliphatic carboxylic acids is 1. The zero-order valence-electron chi connectivity index (χ0n) is 12.9. The SMILES string of the molecule is CCCC/C=C\CCC/C=C/C=C/CCCCC(=O)O. The molecule has 0 spiro atoms. The van der Waals surface area contributed by atoms with Gasteiger partial charge in [-0.15, -0.1) is 0 Å². The van der Waals surface area contributed by atoms with Gasteiger partial charge in [0.25, 0.3) is 0 Å². The summed E-state index contributed by atoms with van der Waals surface area (Å²) < 4.78 is 0. The van der Waals surface area contributed by atoms with E-state index in [9.17, 15) is 4.79 Å². The highest BCUT2D eigenvalue weighted by atomic mass is 16.4. The Morgan fingerprint density at radius 1 is 0.800 bits per heavy atom. The van der Waals surface area contributed by atoms with Crippen LogP contribution in [-0.2, 0) is 4.79 Å². The first-order valence-electron chi connectivity index (χ1n) is 7.95. The van der Waals surface area contributed by atoms with Gasteiger partial charge in [-0.05, 0) is 44.9 Å². The van der Waals surface area contributed by atoms with E-state index in [2.05, 4.69) is 43.4 Å². The third-order valence-corrected chi connectivity index (χ3v) is 3.03. The number of carboxylic acid groups (broad SMARTS) is 1. The van der Waals surface area contributed by atoms with Crippen molar-refractivity contribution in [3.63, 3.8) is 0 Å². The molecule has 0 aromatic rings. The molecule has 0 radical (unpaired) electrons. The van der Waals surface area contributed by atoms with Crippen LogP contribution in [0.5, 0.6) is 0 Å². The maximum Gasteiger partial charge on any atom is 0.303 e. The van der Waals surface area contributed by atoms with Crippen LogP contribution < -0.4 is 0 Å². The van der Waals surface area contributed by atoms with Gasteiger partial charge in [-0.25, -0.2) is 0 Å². The van der Waals surface area contributed by atoms with Crippen LogP contribution in [0.4, 0.5) is 0 Å². The van der Waals surface area contributed by atoms with E-state index in [1.165, 1.54) is 32.1 Å². The van der Waals surface area contributed by atoms with E-state index in [0.29, 0.717) is 0 Å². The van der Waals surface area contributed by atoms with Crippen LogP contribution in [0.1, 0.15) is 71.1 Å². The van der Waals surface area contributed by atoms with Crippen LogP contribution in [0.25, 0.3) is 0 Å². The van der Waals surface area contributed by atoms with Crippen LogP contribution in [0.2, 0.25) is 0 Å². The van der Waals surface area contributed by atoms with E-state index in [0.717, 1.165) is 25.7 Å². The molecule has 0 atom stereocenters. The van der Waals surface area contributed by atoms with Gasteiger partial charge >= 0.3 is 5.97 Å². The molecule has 0 aromatic heterocycles. The van der Waals surface area contributed by atoms with Crippen molar-refractivity contribution in [2.45, 2.75) is 71.1 Å².